The van der Waals surface area contributed by atoms with Gasteiger partial charge in [0.25, 0.3) is 5.69 Å². The molecule has 0 aliphatic heterocycles. The number of nitro groups is 1. The summed E-state index contributed by atoms with van der Waals surface area (Å²) in [4.78, 5) is 14.3. The van der Waals surface area contributed by atoms with Crippen LogP contribution in [0, 0.1) is 17.0 Å². The molecule has 0 saturated heterocycles. The van der Waals surface area contributed by atoms with Crippen LogP contribution in [0.5, 0.6) is 0 Å². The third kappa shape index (κ3) is 2.62. The Bertz CT molecular complexity index is 539. The molecule has 0 atom stereocenters. The lowest BCUT2D eigenvalue weighted by Crippen LogP contribution is -2.07. The average molecular weight is 248 g/mol. The van der Waals surface area contributed by atoms with E-state index >= 15 is 0 Å². The van der Waals surface area contributed by atoms with Crippen molar-refractivity contribution in [1.82, 2.24) is 10.1 Å². The molecule has 1 aromatic heterocycles. The van der Waals surface area contributed by atoms with Crippen LogP contribution in [-0.2, 0) is 6.42 Å². The van der Waals surface area contributed by atoms with Crippen molar-refractivity contribution in [2.75, 3.05) is 11.9 Å². The summed E-state index contributed by atoms with van der Waals surface area (Å²) >= 11 is 0. The molecule has 18 heavy (non-hydrogen) atoms. The Hall–Kier alpha value is -2.44. The molecule has 0 aliphatic rings. The molecule has 0 saturated carbocycles. The van der Waals surface area contributed by atoms with Crippen LogP contribution in [-0.4, -0.2) is 21.6 Å². The van der Waals surface area contributed by atoms with E-state index in [9.17, 15) is 10.1 Å². The first-order chi connectivity index (χ1) is 8.68. The molecule has 1 aromatic carbocycles. The van der Waals surface area contributed by atoms with Crippen molar-refractivity contribution in [2.24, 2.45) is 0 Å². The standard InChI is InChI=1S/C11H12N4O3/c1-8-9(3-2-4-10(8)15(16)17)12-6-5-11-13-7-18-14-11/h2-4,7,12H,5-6H2,1H3. The van der Waals surface area contributed by atoms with Gasteiger partial charge in [0.05, 0.1) is 4.92 Å². The first-order valence-corrected chi connectivity index (χ1v) is 5.41. The van der Waals surface area contributed by atoms with Crippen LogP contribution in [0.25, 0.3) is 0 Å². The number of aromatic nitrogens is 2. The predicted molar refractivity (Wildman–Crippen MR) is 64.3 cm³/mol. The second-order valence-electron chi connectivity index (χ2n) is 3.73. The normalized spacial score (nSPS) is 10.3. The number of rotatable bonds is 5. The highest BCUT2D eigenvalue weighted by Crippen LogP contribution is 2.24. The maximum absolute atomic E-state index is 10.8. The fraction of sp³-hybridized carbons (Fsp3) is 0.273. The highest BCUT2D eigenvalue weighted by molar-refractivity contribution is 5.59. The van der Waals surface area contributed by atoms with E-state index in [0.29, 0.717) is 24.4 Å². The molecule has 0 amide bonds. The van der Waals surface area contributed by atoms with Gasteiger partial charge in [0, 0.05) is 30.3 Å². The summed E-state index contributed by atoms with van der Waals surface area (Å²) in [6, 6.07) is 4.94. The molecule has 0 spiro atoms. The third-order valence-electron chi connectivity index (χ3n) is 2.57. The Balaban J connectivity index is 2.01. The number of hydrogen-bond donors (Lipinski definition) is 1. The molecule has 7 nitrogen and oxygen atoms in total. The van der Waals surface area contributed by atoms with Crippen LogP contribution in [0.4, 0.5) is 11.4 Å². The van der Waals surface area contributed by atoms with E-state index in [4.69, 9.17) is 0 Å². The van der Waals surface area contributed by atoms with Crippen molar-refractivity contribution in [2.45, 2.75) is 13.3 Å². The predicted octanol–water partition coefficient (Wildman–Crippen LogP) is 1.94. The van der Waals surface area contributed by atoms with Crippen LogP contribution in [0.15, 0.2) is 29.1 Å². The Morgan fingerprint density at radius 2 is 2.33 bits per heavy atom. The lowest BCUT2D eigenvalue weighted by atomic mass is 10.1. The Morgan fingerprint density at radius 1 is 1.50 bits per heavy atom. The zero-order valence-corrected chi connectivity index (χ0v) is 9.79. The number of nitrogens with zero attached hydrogens (tertiary/aromatic N) is 3. The minimum atomic E-state index is -0.389. The molecule has 94 valence electrons. The number of nitrogens with one attached hydrogen (secondary N) is 1. The summed E-state index contributed by atoms with van der Waals surface area (Å²) in [5, 5.41) is 17.6. The van der Waals surface area contributed by atoms with E-state index in [0.717, 1.165) is 5.69 Å². The van der Waals surface area contributed by atoms with Crippen molar-refractivity contribution in [1.29, 1.82) is 0 Å². The first kappa shape index (κ1) is 12.0. The van der Waals surface area contributed by atoms with E-state index < -0.39 is 0 Å². The van der Waals surface area contributed by atoms with E-state index in [2.05, 4.69) is 20.0 Å². The third-order valence-corrected chi connectivity index (χ3v) is 2.57. The smallest absolute Gasteiger partial charge is 0.274 e. The monoisotopic (exact) mass is 248 g/mol. The van der Waals surface area contributed by atoms with Crippen molar-refractivity contribution in [3.63, 3.8) is 0 Å². The average Bonchev–Trinajstić information content (AvgIpc) is 2.84. The number of benzene rings is 1. The first-order valence-electron chi connectivity index (χ1n) is 5.41. The van der Waals surface area contributed by atoms with Gasteiger partial charge in [0.1, 0.15) is 0 Å². The SMILES string of the molecule is Cc1c(NCCc2ncon2)cccc1[N+](=O)[O-]. The molecule has 2 aromatic rings. The molecule has 0 aliphatic carbocycles. The van der Waals surface area contributed by atoms with E-state index in [1.807, 2.05) is 0 Å². The summed E-state index contributed by atoms with van der Waals surface area (Å²) in [7, 11) is 0. The van der Waals surface area contributed by atoms with Gasteiger partial charge in [-0.05, 0) is 13.0 Å². The van der Waals surface area contributed by atoms with Gasteiger partial charge in [-0.3, -0.25) is 10.1 Å². The molecule has 0 unspecified atom stereocenters. The minimum absolute atomic E-state index is 0.111. The number of hydrogen-bond acceptors (Lipinski definition) is 6. The van der Waals surface area contributed by atoms with Gasteiger partial charge < -0.3 is 9.84 Å². The molecule has 7 heteroatoms. The van der Waals surface area contributed by atoms with Gasteiger partial charge in [-0.1, -0.05) is 11.2 Å². The minimum Gasteiger partial charge on any atom is -0.384 e. The topological polar surface area (TPSA) is 94.1 Å². The molecular formula is C11H12N4O3. The second-order valence-corrected chi connectivity index (χ2v) is 3.73. The zero-order valence-electron chi connectivity index (χ0n) is 9.79. The zero-order chi connectivity index (χ0) is 13.0. The van der Waals surface area contributed by atoms with Crippen LogP contribution in [0.1, 0.15) is 11.4 Å². The molecule has 0 fully saturated rings. The lowest BCUT2D eigenvalue weighted by Gasteiger charge is -2.08. The largest absolute Gasteiger partial charge is 0.384 e. The van der Waals surface area contributed by atoms with Crippen LogP contribution in [0.2, 0.25) is 0 Å². The second kappa shape index (κ2) is 5.26. The van der Waals surface area contributed by atoms with Crippen LogP contribution < -0.4 is 5.32 Å². The molecule has 1 heterocycles. The summed E-state index contributed by atoms with van der Waals surface area (Å²) in [5.74, 6) is 0.602. The number of nitro benzene ring substituents is 1. The quantitative estimate of drug-likeness (QED) is 0.641. The van der Waals surface area contributed by atoms with Crippen LogP contribution >= 0.6 is 0 Å². The number of anilines is 1. The summed E-state index contributed by atoms with van der Waals surface area (Å²) in [6.45, 7) is 2.30. The molecular weight excluding hydrogens is 236 g/mol. The molecule has 1 N–H and O–H groups in total. The van der Waals surface area contributed by atoms with Gasteiger partial charge >= 0.3 is 0 Å². The van der Waals surface area contributed by atoms with E-state index in [-0.39, 0.29) is 10.6 Å². The Kier molecular flexibility index (Phi) is 3.52. The van der Waals surface area contributed by atoms with E-state index in [1.54, 1.807) is 19.1 Å². The summed E-state index contributed by atoms with van der Waals surface area (Å²) in [5.41, 5.74) is 1.47. The molecule has 0 radical (unpaired) electrons. The van der Waals surface area contributed by atoms with Gasteiger partial charge in [-0.25, -0.2) is 0 Å². The van der Waals surface area contributed by atoms with Gasteiger partial charge in [0.15, 0.2) is 5.82 Å². The lowest BCUT2D eigenvalue weighted by molar-refractivity contribution is -0.385. The fourth-order valence-electron chi connectivity index (χ4n) is 1.62. The van der Waals surface area contributed by atoms with Crippen molar-refractivity contribution >= 4 is 11.4 Å². The summed E-state index contributed by atoms with van der Waals surface area (Å²) < 4.78 is 4.61. The Labute approximate surface area is 103 Å². The van der Waals surface area contributed by atoms with E-state index in [1.165, 1.54) is 12.5 Å². The maximum atomic E-state index is 10.8. The highest BCUT2D eigenvalue weighted by Gasteiger charge is 2.12. The van der Waals surface area contributed by atoms with Gasteiger partial charge in [0.2, 0.25) is 6.39 Å². The summed E-state index contributed by atoms with van der Waals surface area (Å²) in [6.07, 6.45) is 1.87. The Morgan fingerprint density at radius 3 is 3.00 bits per heavy atom. The van der Waals surface area contributed by atoms with Crippen molar-refractivity contribution in [3.8, 4) is 0 Å². The van der Waals surface area contributed by atoms with Gasteiger partial charge in [-0.2, -0.15) is 4.98 Å². The van der Waals surface area contributed by atoms with Crippen molar-refractivity contribution < 1.29 is 9.45 Å². The molecule has 0 bridgehead atoms. The fourth-order valence-corrected chi connectivity index (χ4v) is 1.62. The van der Waals surface area contributed by atoms with Crippen molar-refractivity contribution in [3.05, 3.63) is 46.1 Å². The molecule has 2 rings (SSSR count). The van der Waals surface area contributed by atoms with Crippen LogP contribution in [0.3, 0.4) is 0 Å². The maximum Gasteiger partial charge on any atom is 0.274 e. The van der Waals surface area contributed by atoms with Gasteiger partial charge in [-0.15, -0.1) is 0 Å². The highest BCUT2D eigenvalue weighted by atomic mass is 16.6.